The quantitative estimate of drug-likeness (QED) is 0.624. The van der Waals surface area contributed by atoms with E-state index >= 15 is 0 Å². The zero-order chi connectivity index (χ0) is 19.3. The Kier molecular flexibility index (Phi) is 9.53. The maximum absolute atomic E-state index is 12.4. The monoisotopic (exact) mass is 403 g/mol. The van der Waals surface area contributed by atoms with Crippen molar-refractivity contribution in [3.8, 4) is 0 Å². The normalized spacial score (nSPS) is 24.8. The molecule has 1 aliphatic carbocycles. The van der Waals surface area contributed by atoms with Gasteiger partial charge in [-0.3, -0.25) is 14.4 Å². The summed E-state index contributed by atoms with van der Waals surface area (Å²) >= 11 is 0. The molecule has 27 heavy (non-hydrogen) atoms. The zero-order valence-corrected chi connectivity index (χ0v) is 17.2. The number of rotatable bonds is 6. The molecule has 8 heteroatoms. The van der Waals surface area contributed by atoms with E-state index in [1.807, 2.05) is 13.8 Å². The van der Waals surface area contributed by atoms with Crippen molar-refractivity contribution in [1.82, 2.24) is 10.2 Å². The smallest absolute Gasteiger partial charge is 0.306 e. The van der Waals surface area contributed by atoms with Crippen LogP contribution in [0.25, 0.3) is 0 Å². The summed E-state index contributed by atoms with van der Waals surface area (Å²) in [6, 6.07) is -0.471. The molecule has 0 aromatic heterocycles. The molecule has 0 aromatic carbocycles. The van der Waals surface area contributed by atoms with Gasteiger partial charge in [0, 0.05) is 25.6 Å². The van der Waals surface area contributed by atoms with Gasteiger partial charge in [-0.25, -0.2) is 0 Å². The van der Waals surface area contributed by atoms with Gasteiger partial charge in [-0.15, -0.1) is 12.4 Å². The van der Waals surface area contributed by atoms with Gasteiger partial charge in [0.1, 0.15) is 0 Å². The second-order valence-electron chi connectivity index (χ2n) is 8.17. The molecule has 2 rings (SSSR count). The zero-order valence-electron chi connectivity index (χ0n) is 16.4. The van der Waals surface area contributed by atoms with E-state index in [1.54, 1.807) is 4.90 Å². The summed E-state index contributed by atoms with van der Waals surface area (Å²) in [5.41, 5.74) is 5.94. The van der Waals surface area contributed by atoms with Gasteiger partial charge >= 0.3 is 5.97 Å². The molecule has 1 heterocycles. The Labute approximate surface area is 167 Å². The van der Waals surface area contributed by atoms with E-state index in [0.29, 0.717) is 51.2 Å². The number of aliphatic carboxylic acids is 1. The minimum absolute atomic E-state index is 0. The molecular weight excluding hydrogens is 370 g/mol. The second-order valence-corrected chi connectivity index (χ2v) is 8.17. The molecule has 2 fully saturated rings. The SMILES string of the molecule is CC(C)[C@H](N)C(=O)N1CCC(C(=O)NCC2CCC(C(=O)O)CC2)CC1.Cl. The fourth-order valence-corrected chi connectivity index (χ4v) is 3.86. The molecule has 0 bridgehead atoms. The Morgan fingerprint density at radius 2 is 1.59 bits per heavy atom. The largest absolute Gasteiger partial charge is 0.481 e. The summed E-state index contributed by atoms with van der Waals surface area (Å²) in [6.45, 7) is 5.67. The lowest BCUT2D eigenvalue weighted by Crippen LogP contribution is -2.50. The number of carbonyl (C=O) groups excluding carboxylic acids is 2. The molecule has 4 N–H and O–H groups in total. The molecule has 2 aliphatic rings. The summed E-state index contributed by atoms with van der Waals surface area (Å²) in [5.74, 6) is -0.448. The summed E-state index contributed by atoms with van der Waals surface area (Å²) < 4.78 is 0. The predicted octanol–water partition coefficient (Wildman–Crippen LogP) is 1.64. The minimum Gasteiger partial charge on any atom is -0.481 e. The van der Waals surface area contributed by atoms with E-state index < -0.39 is 12.0 Å². The summed E-state index contributed by atoms with van der Waals surface area (Å²) in [5, 5.41) is 12.1. The Morgan fingerprint density at radius 3 is 2.07 bits per heavy atom. The van der Waals surface area contributed by atoms with Crippen molar-refractivity contribution >= 4 is 30.2 Å². The first-order valence-corrected chi connectivity index (χ1v) is 9.84. The van der Waals surface area contributed by atoms with E-state index in [9.17, 15) is 14.4 Å². The number of hydrogen-bond donors (Lipinski definition) is 3. The van der Waals surface area contributed by atoms with Crippen LogP contribution in [0.1, 0.15) is 52.4 Å². The van der Waals surface area contributed by atoms with Gasteiger partial charge in [-0.05, 0) is 50.4 Å². The minimum atomic E-state index is -0.703. The standard InChI is InChI=1S/C19H33N3O4.ClH/c1-12(2)16(20)18(24)22-9-7-14(8-10-22)17(23)21-11-13-3-5-15(6-4-13)19(25)26;/h12-16H,3-11,20H2,1-2H3,(H,21,23)(H,25,26);1H/t13?,15?,16-;/m0./s1. The molecule has 1 aliphatic heterocycles. The first kappa shape index (κ1) is 23.7. The van der Waals surface area contributed by atoms with Crippen LogP contribution in [0.3, 0.4) is 0 Å². The van der Waals surface area contributed by atoms with Crippen LogP contribution in [0.2, 0.25) is 0 Å². The average Bonchev–Trinajstić information content (AvgIpc) is 2.65. The number of nitrogens with zero attached hydrogens (tertiary/aromatic N) is 1. The van der Waals surface area contributed by atoms with Crippen molar-refractivity contribution in [3.05, 3.63) is 0 Å². The molecule has 0 radical (unpaired) electrons. The molecular formula is C19H34ClN3O4. The molecule has 0 spiro atoms. The van der Waals surface area contributed by atoms with Crippen LogP contribution in [-0.2, 0) is 14.4 Å². The predicted molar refractivity (Wildman–Crippen MR) is 105 cm³/mol. The van der Waals surface area contributed by atoms with Crippen molar-refractivity contribution < 1.29 is 19.5 Å². The average molecular weight is 404 g/mol. The Morgan fingerprint density at radius 1 is 1.04 bits per heavy atom. The van der Waals surface area contributed by atoms with Crippen molar-refractivity contribution in [1.29, 1.82) is 0 Å². The third-order valence-corrected chi connectivity index (χ3v) is 5.94. The van der Waals surface area contributed by atoms with Crippen LogP contribution in [0.5, 0.6) is 0 Å². The van der Waals surface area contributed by atoms with E-state index in [-0.39, 0.29) is 42.0 Å². The van der Waals surface area contributed by atoms with Crippen LogP contribution in [0.15, 0.2) is 0 Å². The van der Waals surface area contributed by atoms with Crippen molar-refractivity contribution in [3.63, 3.8) is 0 Å². The van der Waals surface area contributed by atoms with Gasteiger partial charge in [0.15, 0.2) is 0 Å². The number of carboxylic acids is 1. The Bertz CT molecular complexity index is 513. The Balaban J connectivity index is 0.00000364. The molecule has 1 atom stereocenters. The number of nitrogens with one attached hydrogen (secondary N) is 1. The first-order valence-electron chi connectivity index (χ1n) is 9.84. The number of halogens is 1. The van der Waals surface area contributed by atoms with Gasteiger partial charge in [0.25, 0.3) is 0 Å². The molecule has 1 saturated carbocycles. The number of carbonyl (C=O) groups is 3. The van der Waals surface area contributed by atoms with Crippen LogP contribution in [0.4, 0.5) is 0 Å². The van der Waals surface area contributed by atoms with Crippen LogP contribution < -0.4 is 11.1 Å². The maximum Gasteiger partial charge on any atom is 0.306 e. The molecule has 7 nitrogen and oxygen atoms in total. The molecule has 156 valence electrons. The second kappa shape index (κ2) is 10.9. The summed E-state index contributed by atoms with van der Waals surface area (Å²) in [4.78, 5) is 37.4. The lowest BCUT2D eigenvalue weighted by Gasteiger charge is -2.34. The topological polar surface area (TPSA) is 113 Å². The van der Waals surface area contributed by atoms with E-state index in [4.69, 9.17) is 10.8 Å². The summed E-state index contributed by atoms with van der Waals surface area (Å²) in [7, 11) is 0. The highest BCUT2D eigenvalue weighted by Gasteiger charge is 2.31. The van der Waals surface area contributed by atoms with E-state index in [0.717, 1.165) is 12.8 Å². The van der Waals surface area contributed by atoms with E-state index in [2.05, 4.69) is 5.32 Å². The Hall–Kier alpha value is -1.34. The van der Waals surface area contributed by atoms with Crippen LogP contribution in [0, 0.1) is 23.7 Å². The van der Waals surface area contributed by atoms with Gasteiger partial charge < -0.3 is 21.1 Å². The van der Waals surface area contributed by atoms with Gasteiger partial charge in [0.2, 0.25) is 11.8 Å². The number of nitrogens with two attached hydrogens (primary N) is 1. The lowest BCUT2D eigenvalue weighted by atomic mass is 9.82. The highest BCUT2D eigenvalue weighted by molar-refractivity contribution is 5.85. The number of hydrogen-bond acceptors (Lipinski definition) is 4. The molecule has 1 saturated heterocycles. The third-order valence-electron chi connectivity index (χ3n) is 5.94. The van der Waals surface area contributed by atoms with Crippen LogP contribution in [-0.4, -0.2) is 53.5 Å². The van der Waals surface area contributed by atoms with Gasteiger partial charge in [-0.1, -0.05) is 13.8 Å². The van der Waals surface area contributed by atoms with Crippen molar-refractivity contribution in [2.24, 2.45) is 29.4 Å². The lowest BCUT2D eigenvalue weighted by molar-refractivity contribution is -0.143. The first-order chi connectivity index (χ1) is 12.3. The fraction of sp³-hybridized carbons (Fsp3) is 0.842. The number of carboxylic acid groups (broad SMARTS) is 1. The third kappa shape index (κ3) is 6.64. The van der Waals surface area contributed by atoms with Crippen molar-refractivity contribution in [2.75, 3.05) is 19.6 Å². The highest BCUT2D eigenvalue weighted by atomic mass is 35.5. The van der Waals surface area contributed by atoms with Gasteiger partial charge in [0.05, 0.1) is 12.0 Å². The number of likely N-dealkylation sites (tertiary alicyclic amines) is 1. The molecule has 2 amide bonds. The molecule has 0 aromatic rings. The molecule has 0 unspecified atom stereocenters. The maximum atomic E-state index is 12.4. The fourth-order valence-electron chi connectivity index (χ4n) is 3.86. The highest BCUT2D eigenvalue weighted by Crippen LogP contribution is 2.28. The number of piperidine rings is 1. The van der Waals surface area contributed by atoms with E-state index in [1.165, 1.54) is 0 Å². The number of amides is 2. The van der Waals surface area contributed by atoms with Crippen molar-refractivity contribution in [2.45, 2.75) is 58.4 Å². The van der Waals surface area contributed by atoms with Crippen LogP contribution >= 0.6 is 12.4 Å². The summed E-state index contributed by atoms with van der Waals surface area (Å²) in [6.07, 6.45) is 4.47. The van der Waals surface area contributed by atoms with Gasteiger partial charge in [-0.2, -0.15) is 0 Å².